The van der Waals surface area contributed by atoms with E-state index >= 15 is 0 Å². The van der Waals surface area contributed by atoms with Crippen molar-refractivity contribution in [3.05, 3.63) is 36.2 Å². The Bertz CT molecular complexity index is 497. The van der Waals surface area contributed by atoms with Crippen LogP contribution in [0.25, 0.3) is 5.69 Å². The van der Waals surface area contributed by atoms with Crippen molar-refractivity contribution in [1.82, 2.24) is 25.5 Å². The van der Waals surface area contributed by atoms with Gasteiger partial charge in [0.2, 0.25) is 0 Å². The molecule has 0 saturated carbocycles. The third-order valence-electron chi connectivity index (χ3n) is 3.06. The molecule has 1 atom stereocenters. The first-order valence-corrected chi connectivity index (χ1v) is 6.39. The molecule has 1 aromatic carbocycles. The summed E-state index contributed by atoms with van der Waals surface area (Å²) in [4.78, 5) is 0. The fourth-order valence-corrected chi connectivity index (χ4v) is 1.82. The monoisotopic (exact) mass is 261 g/mol. The maximum atomic E-state index is 9.29. The predicted octanol–water partition coefficient (Wildman–Crippen LogP) is 0.769. The summed E-state index contributed by atoms with van der Waals surface area (Å²) in [6, 6.07) is 9.78. The minimum atomic E-state index is 0.0425. The third kappa shape index (κ3) is 3.36. The molecule has 0 bridgehead atoms. The Labute approximate surface area is 112 Å². The Morgan fingerprint density at radius 2 is 2.00 bits per heavy atom. The van der Waals surface area contributed by atoms with E-state index in [-0.39, 0.29) is 12.6 Å². The van der Waals surface area contributed by atoms with Crippen LogP contribution in [0, 0.1) is 5.92 Å². The van der Waals surface area contributed by atoms with Gasteiger partial charge in [0.05, 0.1) is 18.8 Å². The quantitative estimate of drug-likeness (QED) is 0.803. The number of benzene rings is 1. The summed E-state index contributed by atoms with van der Waals surface area (Å²) in [7, 11) is 0. The van der Waals surface area contributed by atoms with E-state index in [9.17, 15) is 5.11 Å². The Hall–Kier alpha value is -1.79. The second-order valence-corrected chi connectivity index (χ2v) is 4.76. The summed E-state index contributed by atoms with van der Waals surface area (Å²) in [5, 5.41) is 24.3. The number of rotatable bonds is 6. The van der Waals surface area contributed by atoms with E-state index in [2.05, 4.69) is 34.7 Å². The normalized spacial score (nSPS) is 12.8. The maximum absolute atomic E-state index is 9.29. The fourth-order valence-electron chi connectivity index (χ4n) is 1.82. The number of nitrogens with one attached hydrogen (secondary N) is 1. The van der Waals surface area contributed by atoms with Gasteiger partial charge in [0, 0.05) is 6.04 Å². The van der Waals surface area contributed by atoms with Gasteiger partial charge in [-0.15, -0.1) is 5.10 Å². The number of aliphatic hydroxyl groups excluding tert-OH is 1. The third-order valence-corrected chi connectivity index (χ3v) is 3.06. The molecule has 2 rings (SSSR count). The number of aromatic nitrogens is 4. The van der Waals surface area contributed by atoms with Crippen molar-refractivity contribution in [2.75, 3.05) is 6.61 Å². The molecule has 19 heavy (non-hydrogen) atoms. The molecule has 0 aliphatic rings. The number of hydrogen-bond donors (Lipinski definition) is 2. The van der Waals surface area contributed by atoms with Gasteiger partial charge in [0.1, 0.15) is 0 Å². The summed E-state index contributed by atoms with van der Waals surface area (Å²) < 4.78 is 1.70. The van der Waals surface area contributed by atoms with Gasteiger partial charge < -0.3 is 10.4 Å². The van der Waals surface area contributed by atoms with Gasteiger partial charge in [0.25, 0.3) is 0 Å². The van der Waals surface area contributed by atoms with Gasteiger partial charge in [-0.2, -0.15) is 4.68 Å². The van der Waals surface area contributed by atoms with E-state index in [0.29, 0.717) is 12.5 Å². The summed E-state index contributed by atoms with van der Waals surface area (Å²) in [6.45, 7) is 4.75. The van der Waals surface area contributed by atoms with Crippen LogP contribution in [0.15, 0.2) is 30.3 Å². The van der Waals surface area contributed by atoms with E-state index in [1.807, 2.05) is 30.3 Å². The maximum Gasteiger partial charge on any atom is 0.170 e. The molecule has 2 N–H and O–H groups in total. The van der Waals surface area contributed by atoms with Gasteiger partial charge in [0.15, 0.2) is 5.82 Å². The van der Waals surface area contributed by atoms with Gasteiger partial charge in [-0.25, -0.2) is 0 Å². The van der Waals surface area contributed by atoms with Crippen LogP contribution in [0.3, 0.4) is 0 Å². The minimum Gasteiger partial charge on any atom is -0.395 e. The van der Waals surface area contributed by atoms with Gasteiger partial charge in [-0.3, -0.25) is 0 Å². The van der Waals surface area contributed by atoms with Gasteiger partial charge in [-0.05, 0) is 28.5 Å². The second-order valence-electron chi connectivity index (χ2n) is 4.76. The van der Waals surface area contributed by atoms with Crippen molar-refractivity contribution in [3.63, 3.8) is 0 Å². The zero-order valence-corrected chi connectivity index (χ0v) is 11.2. The lowest BCUT2D eigenvalue weighted by molar-refractivity contribution is 0.209. The van der Waals surface area contributed by atoms with Crippen molar-refractivity contribution in [3.8, 4) is 5.69 Å². The molecule has 6 heteroatoms. The molecule has 0 saturated heterocycles. The lowest BCUT2D eigenvalue weighted by Crippen LogP contribution is -2.37. The molecule has 0 amide bonds. The average molecular weight is 261 g/mol. The number of tetrazole rings is 1. The highest BCUT2D eigenvalue weighted by Crippen LogP contribution is 2.08. The molecular formula is C13H19N5O. The van der Waals surface area contributed by atoms with Crippen LogP contribution in [0.1, 0.15) is 19.7 Å². The van der Waals surface area contributed by atoms with Crippen LogP contribution >= 0.6 is 0 Å². The van der Waals surface area contributed by atoms with Crippen LogP contribution < -0.4 is 5.32 Å². The van der Waals surface area contributed by atoms with E-state index in [4.69, 9.17) is 0 Å². The van der Waals surface area contributed by atoms with E-state index in [0.717, 1.165) is 11.5 Å². The fraction of sp³-hybridized carbons (Fsp3) is 0.462. The molecule has 0 unspecified atom stereocenters. The van der Waals surface area contributed by atoms with E-state index in [1.54, 1.807) is 4.68 Å². The van der Waals surface area contributed by atoms with Crippen LogP contribution in [0.2, 0.25) is 0 Å². The zero-order valence-electron chi connectivity index (χ0n) is 11.2. The SMILES string of the molecule is CC(C)[C@@H](CO)NCc1nnnn1-c1ccccc1. The largest absolute Gasteiger partial charge is 0.395 e. The number of para-hydroxylation sites is 1. The zero-order chi connectivity index (χ0) is 13.7. The molecule has 0 radical (unpaired) electrons. The summed E-state index contributed by atoms with van der Waals surface area (Å²) >= 11 is 0. The molecule has 6 nitrogen and oxygen atoms in total. The molecule has 102 valence electrons. The van der Waals surface area contributed by atoms with Gasteiger partial charge in [-0.1, -0.05) is 32.0 Å². The lowest BCUT2D eigenvalue weighted by Gasteiger charge is -2.19. The Balaban J connectivity index is 2.08. The average Bonchev–Trinajstić information content (AvgIpc) is 2.88. The van der Waals surface area contributed by atoms with E-state index in [1.165, 1.54) is 0 Å². The van der Waals surface area contributed by atoms with Crippen molar-refractivity contribution in [2.24, 2.45) is 5.92 Å². The Morgan fingerprint density at radius 3 is 2.63 bits per heavy atom. The summed E-state index contributed by atoms with van der Waals surface area (Å²) in [6.07, 6.45) is 0. The molecule has 0 aliphatic heterocycles. The molecule has 0 aliphatic carbocycles. The smallest absolute Gasteiger partial charge is 0.170 e. The highest BCUT2D eigenvalue weighted by atomic mass is 16.3. The molecule has 0 spiro atoms. The first-order chi connectivity index (χ1) is 9.22. The predicted molar refractivity (Wildman–Crippen MR) is 71.7 cm³/mol. The van der Waals surface area contributed by atoms with Gasteiger partial charge >= 0.3 is 0 Å². The van der Waals surface area contributed by atoms with Crippen LogP contribution in [0.4, 0.5) is 0 Å². The van der Waals surface area contributed by atoms with Crippen molar-refractivity contribution < 1.29 is 5.11 Å². The Morgan fingerprint density at radius 1 is 1.26 bits per heavy atom. The minimum absolute atomic E-state index is 0.0425. The first-order valence-electron chi connectivity index (χ1n) is 6.39. The topological polar surface area (TPSA) is 75.9 Å². The second kappa shape index (κ2) is 6.40. The van der Waals surface area contributed by atoms with Crippen LogP contribution in [-0.2, 0) is 6.54 Å². The van der Waals surface area contributed by atoms with E-state index < -0.39 is 0 Å². The van der Waals surface area contributed by atoms with Crippen LogP contribution in [-0.4, -0.2) is 38.0 Å². The Kier molecular flexibility index (Phi) is 4.59. The molecular weight excluding hydrogens is 242 g/mol. The summed E-state index contributed by atoms with van der Waals surface area (Å²) in [5.41, 5.74) is 0.925. The number of nitrogens with zero attached hydrogens (tertiary/aromatic N) is 4. The molecule has 1 aromatic heterocycles. The first kappa shape index (κ1) is 13.6. The summed E-state index contributed by atoms with van der Waals surface area (Å²) in [5.74, 6) is 1.08. The standard InChI is InChI=1S/C13H19N5O/c1-10(2)12(9-19)14-8-13-15-16-17-18(13)11-6-4-3-5-7-11/h3-7,10,12,14,19H,8-9H2,1-2H3/t12-/m1/s1. The molecule has 2 aromatic rings. The van der Waals surface area contributed by atoms with Crippen molar-refractivity contribution in [2.45, 2.75) is 26.4 Å². The molecule has 0 fully saturated rings. The van der Waals surface area contributed by atoms with Crippen LogP contribution in [0.5, 0.6) is 0 Å². The highest BCUT2D eigenvalue weighted by Gasteiger charge is 2.14. The molecule has 1 heterocycles. The lowest BCUT2D eigenvalue weighted by atomic mass is 10.1. The number of aliphatic hydroxyl groups is 1. The number of hydrogen-bond acceptors (Lipinski definition) is 5. The van der Waals surface area contributed by atoms with Crippen molar-refractivity contribution >= 4 is 0 Å². The van der Waals surface area contributed by atoms with Crippen molar-refractivity contribution in [1.29, 1.82) is 0 Å². The highest BCUT2D eigenvalue weighted by molar-refractivity contribution is 5.30.